The number of benzene rings is 2. The number of rotatable bonds is 9. The third-order valence-electron chi connectivity index (χ3n) is 4.26. The highest BCUT2D eigenvalue weighted by molar-refractivity contribution is 7.38. The Morgan fingerprint density at radius 3 is 2.67 bits per heavy atom. The molecule has 170 valence electrons. The molecule has 0 radical (unpaired) electrons. The van der Waals surface area contributed by atoms with E-state index >= 15 is 0 Å². The van der Waals surface area contributed by atoms with Crippen molar-refractivity contribution in [1.82, 2.24) is 29.9 Å². The molecule has 0 aliphatic rings. The Balaban J connectivity index is 1.59. The van der Waals surface area contributed by atoms with Crippen LogP contribution in [0.3, 0.4) is 0 Å². The molecule has 12 nitrogen and oxygen atoms in total. The van der Waals surface area contributed by atoms with Crippen LogP contribution in [-0.4, -0.2) is 60.0 Å². The van der Waals surface area contributed by atoms with E-state index in [1.54, 1.807) is 18.2 Å². The number of hydrogen-bond acceptors (Lipinski definition) is 11. The fourth-order valence-electron chi connectivity index (χ4n) is 2.86. The molecule has 4 rings (SSSR count). The Bertz CT molecular complexity index is 1320. The number of aliphatic hydroxyl groups is 1. The average molecular weight is 490 g/mol. The predicted octanol–water partition coefficient (Wildman–Crippen LogP) is 3.25. The second-order valence-corrected chi connectivity index (χ2v) is 8.16. The molecule has 4 aromatic rings. The Hall–Kier alpha value is -3.60. The number of phenols is 1. The van der Waals surface area contributed by atoms with Gasteiger partial charge in [-0.15, -0.1) is 15.0 Å². The molecule has 2 heterocycles. The standard InChI is InChI=1S/C19H18ClN8O4P/c1-33(31)32-12-4-6-16(30)15(10-12)28-26-13-5-3-11(9-14(13)27-28)22-19-24-17(20)23-18(25-19)21-7-2-8-29/h3-6,9-10,29H,2,7-8H2,1H3,(H2-,21,22,23,24,25,27,30)/p+1. The minimum absolute atomic E-state index is 0.0115. The summed E-state index contributed by atoms with van der Waals surface area (Å²) in [6.07, 6.45) is 0.541. The number of aliphatic hydroxyl groups excluding tert-OH is 1. The fourth-order valence-corrected chi connectivity index (χ4v) is 3.43. The van der Waals surface area contributed by atoms with E-state index in [4.69, 9.17) is 21.2 Å². The van der Waals surface area contributed by atoms with E-state index in [9.17, 15) is 9.67 Å². The van der Waals surface area contributed by atoms with Crippen LogP contribution in [0, 0.1) is 0 Å². The summed E-state index contributed by atoms with van der Waals surface area (Å²) in [6, 6.07) is 9.66. The van der Waals surface area contributed by atoms with Crippen molar-refractivity contribution in [3.05, 3.63) is 41.7 Å². The number of fused-ring (bicyclic) bond motifs is 1. The summed E-state index contributed by atoms with van der Waals surface area (Å²) in [4.78, 5) is 13.6. The van der Waals surface area contributed by atoms with Crippen LogP contribution < -0.4 is 15.2 Å². The Morgan fingerprint density at radius 2 is 1.88 bits per heavy atom. The van der Waals surface area contributed by atoms with E-state index in [0.29, 0.717) is 35.4 Å². The number of hydrogen-bond donors (Lipinski definition) is 4. The molecule has 0 amide bonds. The van der Waals surface area contributed by atoms with Gasteiger partial charge in [0.05, 0.1) is 0 Å². The molecule has 1 atom stereocenters. The topological polar surface area (TPSA) is 160 Å². The number of nitrogens with zero attached hydrogens (tertiary/aromatic N) is 6. The monoisotopic (exact) mass is 489 g/mol. The van der Waals surface area contributed by atoms with E-state index in [1.807, 2.05) is 0 Å². The van der Waals surface area contributed by atoms with Gasteiger partial charge in [0.2, 0.25) is 17.2 Å². The molecular weight excluding hydrogens is 471 g/mol. The highest BCUT2D eigenvalue weighted by atomic mass is 35.5. The molecule has 0 bridgehead atoms. The fraction of sp³-hybridized carbons (Fsp3) is 0.211. The van der Waals surface area contributed by atoms with E-state index < -0.39 is 8.03 Å². The Kier molecular flexibility index (Phi) is 6.78. The van der Waals surface area contributed by atoms with Gasteiger partial charge in [-0.1, -0.05) is 0 Å². The van der Waals surface area contributed by atoms with Crippen LogP contribution in [0.2, 0.25) is 5.28 Å². The molecule has 0 saturated heterocycles. The molecule has 0 fully saturated rings. The van der Waals surface area contributed by atoms with Crippen LogP contribution in [0.4, 0.5) is 17.6 Å². The maximum atomic E-state index is 11.4. The van der Waals surface area contributed by atoms with Gasteiger partial charge in [-0.2, -0.15) is 15.0 Å². The third kappa shape index (κ3) is 5.61. The lowest BCUT2D eigenvalue weighted by atomic mass is 10.3. The van der Waals surface area contributed by atoms with Crippen molar-refractivity contribution in [1.29, 1.82) is 0 Å². The van der Waals surface area contributed by atoms with Gasteiger partial charge in [0.25, 0.3) is 0 Å². The third-order valence-corrected chi connectivity index (χ3v) is 4.90. The van der Waals surface area contributed by atoms with Crippen LogP contribution in [-0.2, 0) is 4.57 Å². The largest absolute Gasteiger partial charge is 0.552 e. The molecule has 1 unspecified atom stereocenters. The lowest BCUT2D eigenvalue weighted by Gasteiger charge is -2.08. The van der Waals surface area contributed by atoms with Gasteiger partial charge in [0.1, 0.15) is 22.5 Å². The number of phenolic OH excluding ortho intramolecular Hbond substituents is 1. The lowest BCUT2D eigenvalue weighted by molar-refractivity contribution is 0.292. The van der Waals surface area contributed by atoms with Crippen LogP contribution in [0.25, 0.3) is 16.7 Å². The second kappa shape index (κ2) is 9.90. The van der Waals surface area contributed by atoms with Crippen molar-refractivity contribution in [3.63, 3.8) is 0 Å². The first-order chi connectivity index (χ1) is 15.9. The highest BCUT2D eigenvalue weighted by Gasteiger charge is 2.15. The van der Waals surface area contributed by atoms with Gasteiger partial charge >= 0.3 is 8.03 Å². The predicted molar refractivity (Wildman–Crippen MR) is 123 cm³/mol. The van der Waals surface area contributed by atoms with E-state index in [0.717, 1.165) is 0 Å². The first-order valence-corrected chi connectivity index (χ1v) is 11.7. The van der Waals surface area contributed by atoms with E-state index in [2.05, 4.69) is 35.8 Å². The summed E-state index contributed by atoms with van der Waals surface area (Å²) >= 11 is 5.98. The molecule has 14 heteroatoms. The SMILES string of the molecule is C[P+](=O)Oc1ccc(O)c(-n2nc3ccc(Nc4nc(Cl)nc(NCCCO)n4)cc3n2)c1. The zero-order chi connectivity index (χ0) is 23.4. The molecule has 4 N–H and O–H groups in total. The van der Waals surface area contributed by atoms with E-state index in [-0.39, 0.29) is 35.2 Å². The minimum Gasteiger partial charge on any atom is -0.506 e. The van der Waals surface area contributed by atoms with Gasteiger partial charge in [-0.25, -0.2) is 0 Å². The quantitative estimate of drug-likeness (QED) is 0.202. The maximum absolute atomic E-state index is 11.4. The maximum Gasteiger partial charge on any atom is 0.552 e. The Labute approximate surface area is 193 Å². The smallest absolute Gasteiger partial charge is 0.506 e. The molecular formula is C19H19ClN8O4P+. The first-order valence-electron chi connectivity index (χ1n) is 9.74. The summed E-state index contributed by atoms with van der Waals surface area (Å²) in [6.45, 7) is 1.97. The van der Waals surface area contributed by atoms with Crippen molar-refractivity contribution in [2.75, 3.05) is 30.5 Å². The molecule has 0 aliphatic heterocycles. The molecule has 0 spiro atoms. The second-order valence-electron chi connectivity index (χ2n) is 6.76. The molecule has 2 aromatic heterocycles. The molecule has 0 aliphatic carbocycles. The van der Waals surface area contributed by atoms with Crippen molar-refractivity contribution in [2.24, 2.45) is 0 Å². The summed E-state index contributed by atoms with van der Waals surface area (Å²) in [7, 11) is -1.86. The zero-order valence-electron chi connectivity index (χ0n) is 17.3. The number of halogens is 1. The number of aromatic nitrogens is 6. The number of anilines is 3. The van der Waals surface area contributed by atoms with Gasteiger partial charge in [-0.3, -0.25) is 4.52 Å². The minimum atomic E-state index is -1.86. The van der Waals surface area contributed by atoms with Crippen LogP contribution in [0.1, 0.15) is 6.42 Å². The average Bonchev–Trinajstić information content (AvgIpc) is 3.18. The van der Waals surface area contributed by atoms with E-state index in [1.165, 1.54) is 29.7 Å². The van der Waals surface area contributed by atoms with Gasteiger partial charge < -0.3 is 20.8 Å². The van der Waals surface area contributed by atoms with Crippen molar-refractivity contribution < 1.29 is 19.3 Å². The van der Waals surface area contributed by atoms with Gasteiger partial charge in [-0.05, 0) is 52.9 Å². The Morgan fingerprint density at radius 1 is 1.09 bits per heavy atom. The summed E-state index contributed by atoms with van der Waals surface area (Å²) in [5.41, 5.74) is 2.02. The van der Waals surface area contributed by atoms with Crippen molar-refractivity contribution >= 4 is 48.2 Å². The summed E-state index contributed by atoms with van der Waals surface area (Å²) < 4.78 is 16.6. The van der Waals surface area contributed by atoms with Crippen LogP contribution in [0.5, 0.6) is 11.5 Å². The molecule has 2 aromatic carbocycles. The molecule has 33 heavy (non-hydrogen) atoms. The van der Waals surface area contributed by atoms with Crippen LogP contribution >= 0.6 is 19.6 Å². The van der Waals surface area contributed by atoms with Crippen molar-refractivity contribution in [2.45, 2.75) is 6.42 Å². The van der Waals surface area contributed by atoms with Gasteiger partial charge in [0.15, 0.2) is 12.4 Å². The normalized spacial score (nSPS) is 11.4. The van der Waals surface area contributed by atoms with Gasteiger partial charge in [0, 0.05) is 24.9 Å². The number of nitrogens with one attached hydrogen (secondary N) is 2. The highest BCUT2D eigenvalue weighted by Crippen LogP contribution is 2.31. The van der Waals surface area contributed by atoms with Crippen LogP contribution in [0.15, 0.2) is 36.4 Å². The lowest BCUT2D eigenvalue weighted by Crippen LogP contribution is -2.09. The number of aromatic hydroxyl groups is 1. The first kappa shape index (κ1) is 22.6. The van der Waals surface area contributed by atoms with Crippen molar-refractivity contribution in [3.8, 4) is 17.2 Å². The summed E-state index contributed by atoms with van der Waals surface area (Å²) in [5.74, 6) is 0.771. The zero-order valence-corrected chi connectivity index (χ0v) is 19.0. The molecule has 0 saturated carbocycles. The summed E-state index contributed by atoms with van der Waals surface area (Å²) in [5, 5.41) is 33.9.